The van der Waals surface area contributed by atoms with Gasteiger partial charge in [-0.2, -0.15) is 8.78 Å². The summed E-state index contributed by atoms with van der Waals surface area (Å²) in [6, 6.07) is 7.34. The fraction of sp³-hybridized carbons (Fsp3) is 0.300. The Morgan fingerprint density at radius 2 is 2.21 bits per heavy atom. The van der Waals surface area contributed by atoms with Crippen LogP contribution < -0.4 is 5.32 Å². The maximum absolute atomic E-state index is 11.8. The SMILES string of the molecule is Cc1cccc(CNC(=O)C(F)F)c1. The lowest BCUT2D eigenvalue weighted by Crippen LogP contribution is -2.28. The average Bonchev–Trinajstić information content (AvgIpc) is 2.14. The highest BCUT2D eigenvalue weighted by atomic mass is 19.3. The first-order valence-electron chi connectivity index (χ1n) is 4.21. The summed E-state index contributed by atoms with van der Waals surface area (Å²) < 4.78 is 23.6. The predicted molar refractivity (Wildman–Crippen MR) is 49.0 cm³/mol. The van der Waals surface area contributed by atoms with Crippen LogP contribution in [0.2, 0.25) is 0 Å². The largest absolute Gasteiger partial charge is 0.347 e. The maximum atomic E-state index is 11.8. The van der Waals surface area contributed by atoms with E-state index in [9.17, 15) is 13.6 Å². The number of amides is 1. The molecule has 1 rings (SSSR count). The van der Waals surface area contributed by atoms with Crippen LogP contribution in [0.15, 0.2) is 24.3 Å². The first-order chi connectivity index (χ1) is 6.59. The van der Waals surface area contributed by atoms with E-state index in [1.165, 1.54) is 0 Å². The summed E-state index contributed by atoms with van der Waals surface area (Å²) >= 11 is 0. The minimum atomic E-state index is -2.94. The van der Waals surface area contributed by atoms with Crippen LogP contribution in [0.5, 0.6) is 0 Å². The molecule has 1 amide bonds. The predicted octanol–water partition coefficient (Wildman–Crippen LogP) is 1.88. The van der Waals surface area contributed by atoms with Crippen LogP contribution in [0.3, 0.4) is 0 Å². The second kappa shape index (κ2) is 4.69. The Bertz CT molecular complexity index is 326. The van der Waals surface area contributed by atoms with E-state index < -0.39 is 12.3 Å². The third-order valence-corrected chi connectivity index (χ3v) is 1.75. The molecule has 0 bridgehead atoms. The number of alkyl halides is 2. The Kier molecular flexibility index (Phi) is 3.56. The van der Waals surface area contributed by atoms with Crippen molar-refractivity contribution >= 4 is 5.91 Å². The highest BCUT2D eigenvalue weighted by molar-refractivity contribution is 5.78. The van der Waals surface area contributed by atoms with Gasteiger partial charge in [-0.25, -0.2) is 0 Å². The minimum absolute atomic E-state index is 0.144. The molecule has 1 aromatic rings. The van der Waals surface area contributed by atoms with Crippen molar-refractivity contribution in [2.75, 3.05) is 0 Å². The van der Waals surface area contributed by atoms with E-state index in [1.54, 1.807) is 6.07 Å². The first-order valence-corrected chi connectivity index (χ1v) is 4.21. The number of halogens is 2. The standard InChI is InChI=1S/C10H11F2NO/c1-7-3-2-4-8(5-7)6-13-10(14)9(11)12/h2-5,9H,6H2,1H3,(H,13,14). The fourth-order valence-corrected chi connectivity index (χ4v) is 1.09. The van der Waals surface area contributed by atoms with E-state index in [0.29, 0.717) is 0 Å². The lowest BCUT2D eigenvalue weighted by Gasteiger charge is -2.04. The lowest BCUT2D eigenvalue weighted by atomic mass is 10.1. The topological polar surface area (TPSA) is 29.1 Å². The number of carbonyl (C=O) groups excluding carboxylic acids is 1. The van der Waals surface area contributed by atoms with E-state index in [2.05, 4.69) is 5.32 Å². The van der Waals surface area contributed by atoms with Gasteiger partial charge in [0.05, 0.1) is 0 Å². The molecule has 2 nitrogen and oxygen atoms in total. The van der Waals surface area contributed by atoms with Gasteiger partial charge in [0.25, 0.3) is 5.91 Å². The number of rotatable bonds is 3. The summed E-state index contributed by atoms with van der Waals surface area (Å²) in [4.78, 5) is 10.5. The smallest absolute Gasteiger partial charge is 0.315 e. The van der Waals surface area contributed by atoms with Crippen molar-refractivity contribution in [2.45, 2.75) is 19.9 Å². The zero-order valence-corrected chi connectivity index (χ0v) is 7.76. The molecule has 0 saturated carbocycles. The van der Waals surface area contributed by atoms with Gasteiger partial charge in [0.1, 0.15) is 0 Å². The quantitative estimate of drug-likeness (QED) is 0.791. The Morgan fingerprint density at radius 3 is 2.79 bits per heavy atom. The van der Waals surface area contributed by atoms with Crippen molar-refractivity contribution in [3.8, 4) is 0 Å². The molecule has 0 aliphatic heterocycles. The molecule has 0 aromatic heterocycles. The Hall–Kier alpha value is -1.45. The summed E-state index contributed by atoms with van der Waals surface area (Å²) in [6.45, 7) is 2.04. The van der Waals surface area contributed by atoms with Gasteiger partial charge in [-0.1, -0.05) is 29.8 Å². The van der Waals surface area contributed by atoms with Crippen molar-refractivity contribution in [1.82, 2.24) is 5.32 Å². The van der Waals surface area contributed by atoms with Crippen molar-refractivity contribution in [1.29, 1.82) is 0 Å². The molecule has 4 heteroatoms. The summed E-state index contributed by atoms with van der Waals surface area (Å²) in [5, 5.41) is 2.14. The van der Waals surface area contributed by atoms with Crippen LogP contribution in [0.4, 0.5) is 8.78 Å². The number of hydrogen-bond acceptors (Lipinski definition) is 1. The fourth-order valence-electron chi connectivity index (χ4n) is 1.09. The molecule has 14 heavy (non-hydrogen) atoms. The number of aryl methyl sites for hydroxylation is 1. The summed E-state index contributed by atoms with van der Waals surface area (Å²) in [6.07, 6.45) is -2.94. The van der Waals surface area contributed by atoms with Crippen molar-refractivity contribution < 1.29 is 13.6 Å². The monoisotopic (exact) mass is 199 g/mol. The van der Waals surface area contributed by atoms with Gasteiger partial charge in [0, 0.05) is 6.54 Å². The van der Waals surface area contributed by atoms with Gasteiger partial charge in [0.2, 0.25) is 0 Å². The van der Waals surface area contributed by atoms with E-state index >= 15 is 0 Å². The van der Waals surface area contributed by atoms with E-state index in [-0.39, 0.29) is 6.54 Å². The molecular weight excluding hydrogens is 188 g/mol. The van der Waals surface area contributed by atoms with Crippen LogP contribution >= 0.6 is 0 Å². The van der Waals surface area contributed by atoms with Gasteiger partial charge in [0.15, 0.2) is 0 Å². The third kappa shape index (κ3) is 3.12. The molecule has 0 radical (unpaired) electrons. The van der Waals surface area contributed by atoms with Gasteiger partial charge >= 0.3 is 6.43 Å². The van der Waals surface area contributed by atoms with Gasteiger partial charge < -0.3 is 5.32 Å². The van der Waals surface area contributed by atoms with Gasteiger partial charge in [-0.3, -0.25) is 4.79 Å². The molecule has 0 aliphatic carbocycles. The molecule has 76 valence electrons. The second-order valence-corrected chi connectivity index (χ2v) is 3.01. The number of hydrogen-bond donors (Lipinski definition) is 1. The van der Waals surface area contributed by atoms with E-state index in [4.69, 9.17) is 0 Å². The molecule has 1 aromatic carbocycles. The van der Waals surface area contributed by atoms with Crippen LogP contribution in [0.25, 0.3) is 0 Å². The molecular formula is C10H11F2NO. The molecule has 1 N–H and O–H groups in total. The van der Waals surface area contributed by atoms with E-state index in [1.807, 2.05) is 25.1 Å². The van der Waals surface area contributed by atoms with Crippen molar-refractivity contribution in [3.63, 3.8) is 0 Å². The number of benzene rings is 1. The van der Waals surface area contributed by atoms with Crippen molar-refractivity contribution in [3.05, 3.63) is 35.4 Å². The van der Waals surface area contributed by atoms with Crippen LogP contribution in [0, 0.1) is 6.92 Å². The van der Waals surface area contributed by atoms with Crippen LogP contribution in [-0.4, -0.2) is 12.3 Å². The molecule has 0 saturated heterocycles. The zero-order valence-electron chi connectivity index (χ0n) is 7.76. The highest BCUT2D eigenvalue weighted by Crippen LogP contribution is 2.03. The average molecular weight is 199 g/mol. The molecule has 0 aliphatic rings. The Labute approximate surface area is 80.9 Å². The highest BCUT2D eigenvalue weighted by Gasteiger charge is 2.13. The van der Waals surface area contributed by atoms with E-state index in [0.717, 1.165) is 11.1 Å². The molecule has 0 unspecified atom stereocenters. The Balaban J connectivity index is 2.50. The molecule has 0 atom stereocenters. The lowest BCUT2D eigenvalue weighted by molar-refractivity contribution is -0.131. The normalized spacial score (nSPS) is 10.3. The van der Waals surface area contributed by atoms with Gasteiger partial charge in [-0.05, 0) is 12.5 Å². The molecule has 0 heterocycles. The van der Waals surface area contributed by atoms with Crippen LogP contribution in [-0.2, 0) is 11.3 Å². The Morgan fingerprint density at radius 1 is 1.50 bits per heavy atom. The molecule has 0 spiro atoms. The second-order valence-electron chi connectivity index (χ2n) is 3.01. The van der Waals surface area contributed by atoms with Gasteiger partial charge in [-0.15, -0.1) is 0 Å². The summed E-state index contributed by atoms with van der Waals surface area (Å²) in [5.41, 5.74) is 1.85. The number of nitrogens with one attached hydrogen (secondary N) is 1. The van der Waals surface area contributed by atoms with Crippen molar-refractivity contribution in [2.24, 2.45) is 0 Å². The maximum Gasteiger partial charge on any atom is 0.315 e. The summed E-state index contributed by atoms with van der Waals surface area (Å²) in [5.74, 6) is -1.23. The zero-order chi connectivity index (χ0) is 10.6. The minimum Gasteiger partial charge on any atom is -0.347 e. The molecule has 0 fully saturated rings. The van der Waals surface area contributed by atoms with Crippen LogP contribution in [0.1, 0.15) is 11.1 Å². The first kappa shape index (κ1) is 10.6. The third-order valence-electron chi connectivity index (χ3n) is 1.75. The number of carbonyl (C=O) groups is 1. The summed E-state index contributed by atoms with van der Waals surface area (Å²) in [7, 11) is 0.